The van der Waals surface area contributed by atoms with Gasteiger partial charge in [-0.3, -0.25) is 0 Å². The maximum Gasteiger partial charge on any atom is 0.410 e. The highest BCUT2D eigenvalue weighted by molar-refractivity contribution is 5.68. The Kier molecular flexibility index (Phi) is 5.23. The van der Waals surface area contributed by atoms with Crippen molar-refractivity contribution in [3.8, 4) is 0 Å². The molecule has 0 bridgehead atoms. The minimum atomic E-state index is -0.421. The van der Waals surface area contributed by atoms with Gasteiger partial charge in [-0.15, -0.1) is 0 Å². The predicted molar refractivity (Wildman–Crippen MR) is 84.4 cm³/mol. The summed E-state index contributed by atoms with van der Waals surface area (Å²) >= 11 is 0. The number of amides is 1. The average molecular weight is 290 g/mol. The molecule has 0 spiro atoms. The lowest BCUT2D eigenvalue weighted by Crippen LogP contribution is -2.38. The van der Waals surface area contributed by atoms with Gasteiger partial charge < -0.3 is 15.0 Å². The molecule has 1 aliphatic heterocycles. The Morgan fingerprint density at radius 1 is 1.33 bits per heavy atom. The van der Waals surface area contributed by atoms with Gasteiger partial charge in [0.05, 0.1) is 0 Å². The van der Waals surface area contributed by atoms with Gasteiger partial charge in [-0.2, -0.15) is 0 Å². The van der Waals surface area contributed by atoms with E-state index in [2.05, 4.69) is 29.6 Å². The van der Waals surface area contributed by atoms with Gasteiger partial charge in [0.25, 0.3) is 0 Å². The van der Waals surface area contributed by atoms with Gasteiger partial charge in [0.15, 0.2) is 0 Å². The first kappa shape index (κ1) is 15.8. The molecule has 1 aromatic carbocycles. The summed E-state index contributed by atoms with van der Waals surface area (Å²) in [7, 11) is 0. The predicted octanol–water partition coefficient (Wildman–Crippen LogP) is 2.83. The van der Waals surface area contributed by atoms with Gasteiger partial charge in [-0.1, -0.05) is 30.3 Å². The highest BCUT2D eigenvalue weighted by Crippen LogP contribution is 2.15. The average Bonchev–Trinajstić information content (AvgIpc) is 2.87. The zero-order chi connectivity index (χ0) is 15.3. The third-order valence-electron chi connectivity index (χ3n) is 3.53. The Morgan fingerprint density at radius 2 is 2.05 bits per heavy atom. The molecular formula is C17H26N2O2. The molecule has 0 saturated carbocycles. The number of likely N-dealkylation sites (tertiary alicyclic amines) is 1. The Balaban J connectivity index is 1.69. The van der Waals surface area contributed by atoms with Gasteiger partial charge in [-0.25, -0.2) is 4.79 Å². The van der Waals surface area contributed by atoms with Crippen molar-refractivity contribution in [1.29, 1.82) is 0 Å². The number of hydrogen-bond acceptors (Lipinski definition) is 3. The molecule has 1 aliphatic rings. The zero-order valence-corrected chi connectivity index (χ0v) is 13.3. The van der Waals surface area contributed by atoms with E-state index in [0.29, 0.717) is 6.04 Å². The Morgan fingerprint density at radius 3 is 2.71 bits per heavy atom. The van der Waals surface area contributed by atoms with Crippen molar-refractivity contribution in [2.24, 2.45) is 0 Å². The van der Waals surface area contributed by atoms with Gasteiger partial charge in [0.2, 0.25) is 0 Å². The SMILES string of the molecule is CC(C)(C)OC(=O)N1CCC(NCCc2ccccc2)C1. The van der Waals surface area contributed by atoms with E-state index in [9.17, 15) is 4.79 Å². The fourth-order valence-electron chi connectivity index (χ4n) is 2.48. The number of rotatable bonds is 4. The van der Waals surface area contributed by atoms with Crippen molar-refractivity contribution in [1.82, 2.24) is 10.2 Å². The Hall–Kier alpha value is -1.55. The Bertz CT molecular complexity index is 454. The molecule has 1 aromatic rings. The van der Waals surface area contributed by atoms with E-state index in [1.54, 1.807) is 4.90 Å². The second-order valence-corrected chi connectivity index (χ2v) is 6.60. The standard InChI is InChI=1S/C17H26N2O2/c1-17(2,3)21-16(20)19-12-10-15(13-19)18-11-9-14-7-5-4-6-8-14/h4-8,15,18H,9-13H2,1-3H3. The number of hydrogen-bond donors (Lipinski definition) is 1. The van der Waals surface area contributed by atoms with E-state index in [1.807, 2.05) is 26.8 Å². The highest BCUT2D eigenvalue weighted by atomic mass is 16.6. The third kappa shape index (κ3) is 5.38. The van der Waals surface area contributed by atoms with E-state index in [0.717, 1.165) is 32.5 Å². The molecule has 0 aromatic heterocycles. The lowest BCUT2D eigenvalue weighted by Gasteiger charge is -2.24. The minimum Gasteiger partial charge on any atom is -0.444 e. The van der Waals surface area contributed by atoms with Crippen molar-refractivity contribution < 1.29 is 9.53 Å². The number of carbonyl (C=O) groups excluding carboxylic acids is 1. The van der Waals surface area contributed by atoms with Crippen molar-refractivity contribution in [3.63, 3.8) is 0 Å². The van der Waals surface area contributed by atoms with Gasteiger partial charge in [0, 0.05) is 19.1 Å². The van der Waals surface area contributed by atoms with Gasteiger partial charge >= 0.3 is 6.09 Å². The van der Waals surface area contributed by atoms with Crippen LogP contribution in [0.4, 0.5) is 4.79 Å². The summed E-state index contributed by atoms with van der Waals surface area (Å²) in [6.07, 6.45) is 1.81. The summed E-state index contributed by atoms with van der Waals surface area (Å²) in [5.41, 5.74) is 0.919. The second kappa shape index (κ2) is 6.94. The molecule has 116 valence electrons. The van der Waals surface area contributed by atoms with E-state index in [-0.39, 0.29) is 6.09 Å². The van der Waals surface area contributed by atoms with E-state index < -0.39 is 5.60 Å². The van der Waals surface area contributed by atoms with Crippen LogP contribution in [0.15, 0.2) is 30.3 Å². The first-order valence-electron chi connectivity index (χ1n) is 7.69. The summed E-state index contributed by atoms with van der Waals surface area (Å²) in [6.45, 7) is 8.15. The molecule has 0 radical (unpaired) electrons. The molecule has 1 heterocycles. The van der Waals surface area contributed by atoms with E-state index in [4.69, 9.17) is 4.74 Å². The number of nitrogens with one attached hydrogen (secondary N) is 1. The van der Waals surface area contributed by atoms with Crippen LogP contribution in [0.5, 0.6) is 0 Å². The number of ether oxygens (including phenoxy) is 1. The van der Waals surface area contributed by atoms with Crippen molar-refractivity contribution >= 4 is 6.09 Å². The number of benzene rings is 1. The maximum absolute atomic E-state index is 12.0. The van der Waals surface area contributed by atoms with E-state index >= 15 is 0 Å². The summed E-state index contributed by atoms with van der Waals surface area (Å²) < 4.78 is 5.40. The molecule has 1 atom stereocenters. The molecule has 1 unspecified atom stereocenters. The molecule has 21 heavy (non-hydrogen) atoms. The number of carbonyl (C=O) groups is 1. The first-order chi connectivity index (χ1) is 9.94. The van der Waals surface area contributed by atoms with Gasteiger partial charge in [0.1, 0.15) is 5.60 Å². The summed E-state index contributed by atoms with van der Waals surface area (Å²) in [6, 6.07) is 10.8. The lowest BCUT2D eigenvalue weighted by atomic mass is 10.1. The monoisotopic (exact) mass is 290 g/mol. The first-order valence-corrected chi connectivity index (χ1v) is 7.69. The zero-order valence-electron chi connectivity index (χ0n) is 13.3. The third-order valence-corrected chi connectivity index (χ3v) is 3.53. The van der Waals surface area contributed by atoms with Crippen molar-refractivity contribution in [2.45, 2.75) is 45.3 Å². The van der Waals surface area contributed by atoms with Crippen LogP contribution < -0.4 is 5.32 Å². The van der Waals surface area contributed by atoms with Crippen LogP contribution in [0.25, 0.3) is 0 Å². The molecule has 1 N–H and O–H groups in total. The minimum absolute atomic E-state index is 0.199. The van der Waals surface area contributed by atoms with Crippen LogP contribution in [0.1, 0.15) is 32.8 Å². The summed E-state index contributed by atoms with van der Waals surface area (Å²) in [5, 5.41) is 3.53. The summed E-state index contributed by atoms with van der Waals surface area (Å²) in [4.78, 5) is 13.8. The van der Waals surface area contributed by atoms with Crippen molar-refractivity contribution in [2.75, 3.05) is 19.6 Å². The van der Waals surface area contributed by atoms with Crippen LogP contribution in [0.2, 0.25) is 0 Å². The fraction of sp³-hybridized carbons (Fsp3) is 0.588. The maximum atomic E-state index is 12.0. The molecule has 1 fully saturated rings. The molecule has 2 rings (SSSR count). The highest BCUT2D eigenvalue weighted by Gasteiger charge is 2.29. The fourth-order valence-corrected chi connectivity index (χ4v) is 2.48. The molecule has 1 saturated heterocycles. The van der Waals surface area contributed by atoms with Crippen LogP contribution in [-0.2, 0) is 11.2 Å². The topological polar surface area (TPSA) is 41.6 Å². The van der Waals surface area contributed by atoms with Crippen LogP contribution in [0.3, 0.4) is 0 Å². The molecular weight excluding hydrogens is 264 g/mol. The van der Waals surface area contributed by atoms with Gasteiger partial charge in [-0.05, 0) is 45.7 Å². The summed E-state index contributed by atoms with van der Waals surface area (Å²) in [5.74, 6) is 0. The van der Waals surface area contributed by atoms with E-state index in [1.165, 1.54) is 5.56 Å². The van der Waals surface area contributed by atoms with Crippen LogP contribution >= 0.6 is 0 Å². The van der Waals surface area contributed by atoms with Crippen LogP contribution in [-0.4, -0.2) is 42.3 Å². The quantitative estimate of drug-likeness (QED) is 0.927. The molecule has 4 nitrogen and oxygen atoms in total. The largest absolute Gasteiger partial charge is 0.444 e. The normalized spacial score (nSPS) is 18.8. The van der Waals surface area contributed by atoms with Crippen LogP contribution in [0, 0.1) is 0 Å². The Labute approximate surface area is 127 Å². The molecule has 4 heteroatoms. The number of nitrogens with zero attached hydrogens (tertiary/aromatic N) is 1. The lowest BCUT2D eigenvalue weighted by molar-refractivity contribution is 0.0291. The molecule has 0 aliphatic carbocycles. The molecule has 1 amide bonds. The smallest absolute Gasteiger partial charge is 0.410 e. The second-order valence-electron chi connectivity index (χ2n) is 6.60. The van der Waals surface area contributed by atoms with Crippen molar-refractivity contribution in [3.05, 3.63) is 35.9 Å².